The highest BCUT2D eigenvalue weighted by atomic mass is 19.1. The van der Waals surface area contributed by atoms with Crippen LogP contribution in [0.15, 0.2) is 24.5 Å². The molecule has 2 aromatic rings. The van der Waals surface area contributed by atoms with Crippen LogP contribution in [-0.4, -0.2) is 23.6 Å². The van der Waals surface area contributed by atoms with Gasteiger partial charge in [-0.3, -0.25) is 0 Å². The minimum absolute atomic E-state index is 0.317. The van der Waals surface area contributed by atoms with E-state index in [-0.39, 0.29) is 5.82 Å². The molecule has 0 radical (unpaired) electrons. The van der Waals surface area contributed by atoms with Gasteiger partial charge in [0.25, 0.3) is 0 Å². The summed E-state index contributed by atoms with van der Waals surface area (Å²) in [6, 6.07) is 4.52. The molecule has 0 amide bonds. The fourth-order valence-corrected chi connectivity index (χ4v) is 1.85. The van der Waals surface area contributed by atoms with Gasteiger partial charge in [-0.25, -0.2) is 14.4 Å². The molecule has 0 atom stereocenters. The van der Waals surface area contributed by atoms with Crippen LogP contribution in [0.2, 0.25) is 0 Å². The second-order valence-electron chi connectivity index (χ2n) is 4.59. The number of rotatable bonds is 6. The van der Waals surface area contributed by atoms with Crippen LogP contribution in [-0.2, 0) is 0 Å². The van der Waals surface area contributed by atoms with Crippen molar-refractivity contribution < 1.29 is 9.13 Å². The Bertz CT molecular complexity index is 619. The monoisotopic (exact) mass is 290 g/mol. The van der Waals surface area contributed by atoms with Crippen molar-refractivity contribution in [2.24, 2.45) is 0 Å². The van der Waals surface area contributed by atoms with Crippen LogP contribution in [0.4, 0.5) is 21.7 Å². The zero-order chi connectivity index (χ0) is 15.2. The first-order valence-electron chi connectivity index (χ1n) is 6.81. The first kappa shape index (κ1) is 15.0. The van der Waals surface area contributed by atoms with Crippen molar-refractivity contribution in [2.45, 2.75) is 20.3 Å². The van der Waals surface area contributed by atoms with E-state index >= 15 is 0 Å². The molecule has 0 aliphatic rings. The number of hydrogen-bond acceptors (Lipinski definition) is 5. The third kappa shape index (κ3) is 3.59. The Kier molecular flexibility index (Phi) is 4.92. The summed E-state index contributed by atoms with van der Waals surface area (Å²) in [5.74, 6) is 1.53. The molecule has 5 nitrogen and oxygen atoms in total. The SMILES string of the molecule is CCCNc1ncnc(Nc2cc(OC)ccc2F)c1C. The highest BCUT2D eigenvalue weighted by Crippen LogP contribution is 2.27. The van der Waals surface area contributed by atoms with Gasteiger partial charge in [0, 0.05) is 18.2 Å². The number of nitrogens with zero attached hydrogens (tertiary/aromatic N) is 2. The number of methoxy groups -OCH3 is 1. The first-order chi connectivity index (χ1) is 10.2. The van der Waals surface area contributed by atoms with E-state index in [4.69, 9.17) is 4.74 Å². The summed E-state index contributed by atoms with van der Waals surface area (Å²) in [5.41, 5.74) is 1.16. The Balaban J connectivity index is 2.27. The summed E-state index contributed by atoms with van der Waals surface area (Å²) in [7, 11) is 1.54. The van der Waals surface area contributed by atoms with Gasteiger partial charge < -0.3 is 15.4 Å². The molecule has 2 N–H and O–H groups in total. The topological polar surface area (TPSA) is 59.1 Å². The third-order valence-corrected chi connectivity index (χ3v) is 3.05. The van der Waals surface area contributed by atoms with Crippen molar-refractivity contribution in [1.29, 1.82) is 0 Å². The molecule has 0 saturated carbocycles. The molecule has 1 heterocycles. The van der Waals surface area contributed by atoms with Crippen LogP contribution in [0.1, 0.15) is 18.9 Å². The molecule has 0 saturated heterocycles. The molecule has 0 aliphatic carbocycles. The molecule has 0 spiro atoms. The van der Waals surface area contributed by atoms with Crippen molar-refractivity contribution in [2.75, 3.05) is 24.3 Å². The average molecular weight is 290 g/mol. The fourth-order valence-electron chi connectivity index (χ4n) is 1.85. The number of benzene rings is 1. The Hall–Kier alpha value is -2.37. The molecule has 21 heavy (non-hydrogen) atoms. The molecule has 0 unspecified atom stereocenters. The van der Waals surface area contributed by atoms with Gasteiger partial charge in [0.05, 0.1) is 12.8 Å². The highest BCUT2D eigenvalue weighted by molar-refractivity contribution is 5.65. The average Bonchev–Trinajstić information content (AvgIpc) is 2.50. The second kappa shape index (κ2) is 6.88. The maximum absolute atomic E-state index is 13.8. The molecule has 1 aromatic carbocycles. The van der Waals surface area contributed by atoms with E-state index in [9.17, 15) is 4.39 Å². The quantitative estimate of drug-likeness (QED) is 0.852. The number of hydrogen-bond donors (Lipinski definition) is 2. The van der Waals surface area contributed by atoms with Gasteiger partial charge >= 0.3 is 0 Å². The summed E-state index contributed by atoms with van der Waals surface area (Å²) in [4.78, 5) is 8.36. The van der Waals surface area contributed by atoms with Crippen molar-refractivity contribution in [3.63, 3.8) is 0 Å². The molecule has 1 aromatic heterocycles. The van der Waals surface area contributed by atoms with E-state index in [2.05, 4.69) is 27.5 Å². The lowest BCUT2D eigenvalue weighted by Crippen LogP contribution is -2.07. The van der Waals surface area contributed by atoms with Crippen molar-refractivity contribution in [1.82, 2.24) is 9.97 Å². The molecule has 0 fully saturated rings. The number of aromatic nitrogens is 2. The van der Waals surface area contributed by atoms with Crippen LogP contribution < -0.4 is 15.4 Å². The van der Waals surface area contributed by atoms with Crippen LogP contribution in [0.3, 0.4) is 0 Å². The predicted octanol–water partition coefficient (Wildman–Crippen LogP) is 3.50. The number of ether oxygens (including phenoxy) is 1. The Morgan fingerprint density at radius 2 is 2.00 bits per heavy atom. The summed E-state index contributed by atoms with van der Waals surface area (Å²) < 4.78 is 19.0. The lowest BCUT2D eigenvalue weighted by Gasteiger charge is -2.13. The predicted molar refractivity (Wildman–Crippen MR) is 81.8 cm³/mol. The van der Waals surface area contributed by atoms with E-state index < -0.39 is 0 Å². The van der Waals surface area contributed by atoms with E-state index in [0.717, 1.165) is 24.3 Å². The number of anilines is 3. The van der Waals surface area contributed by atoms with Crippen LogP contribution in [0.25, 0.3) is 0 Å². The molecule has 112 valence electrons. The van der Waals surface area contributed by atoms with Gasteiger partial charge in [-0.1, -0.05) is 6.92 Å². The van der Waals surface area contributed by atoms with Gasteiger partial charge in [0.1, 0.15) is 29.5 Å². The molecule has 6 heteroatoms. The zero-order valence-corrected chi connectivity index (χ0v) is 12.4. The van der Waals surface area contributed by atoms with Gasteiger partial charge in [-0.05, 0) is 25.5 Å². The second-order valence-corrected chi connectivity index (χ2v) is 4.59. The standard InChI is InChI=1S/C15H19FN4O/c1-4-7-17-14-10(2)15(19-9-18-14)20-13-8-11(21-3)5-6-12(13)16/h5-6,8-9H,4,7H2,1-3H3,(H2,17,18,19,20). The normalized spacial score (nSPS) is 10.3. The lowest BCUT2D eigenvalue weighted by molar-refractivity contribution is 0.414. The smallest absolute Gasteiger partial charge is 0.146 e. The van der Waals surface area contributed by atoms with Gasteiger partial charge in [0.2, 0.25) is 0 Å². The molecule has 0 aliphatic heterocycles. The van der Waals surface area contributed by atoms with E-state index in [1.807, 2.05) is 6.92 Å². The van der Waals surface area contributed by atoms with Gasteiger partial charge in [-0.15, -0.1) is 0 Å². The molecule has 0 bridgehead atoms. The Morgan fingerprint density at radius 1 is 1.24 bits per heavy atom. The maximum atomic E-state index is 13.8. The minimum atomic E-state index is -0.364. The Labute approximate surface area is 123 Å². The van der Waals surface area contributed by atoms with Crippen LogP contribution in [0, 0.1) is 12.7 Å². The summed E-state index contributed by atoms with van der Waals surface area (Å²) in [5, 5.41) is 6.20. The zero-order valence-electron chi connectivity index (χ0n) is 12.4. The van der Waals surface area contributed by atoms with E-state index in [0.29, 0.717) is 17.3 Å². The van der Waals surface area contributed by atoms with Crippen molar-refractivity contribution >= 4 is 17.3 Å². The molecular weight excluding hydrogens is 271 g/mol. The van der Waals surface area contributed by atoms with Gasteiger partial charge in [0.15, 0.2) is 0 Å². The molecule has 2 rings (SSSR count). The van der Waals surface area contributed by atoms with E-state index in [1.165, 1.54) is 12.4 Å². The third-order valence-electron chi connectivity index (χ3n) is 3.05. The van der Waals surface area contributed by atoms with Crippen LogP contribution >= 0.6 is 0 Å². The summed E-state index contributed by atoms with van der Waals surface area (Å²) in [6.45, 7) is 4.79. The highest BCUT2D eigenvalue weighted by Gasteiger charge is 2.10. The Morgan fingerprint density at radius 3 is 2.71 bits per heavy atom. The van der Waals surface area contributed by atoms with Crippen molar-refractivity contribution in [3.8, 4) is 5.75 Å². The number of nitrogens with one attached hydrogen (secondary N) is 2. The minimum Gasteiger partial charge on any atom is -0.497 e. The lowest BCUT2D eigenvalue weighted by atomic mass is 10.2. The first-order valence-corrected chi connectivity index (χ1v) is 6.81. The van der Waals surface area contributed by atoms with Gasteiger partial charge in [-0.2, -0.15) is 0 Å². The summed E-state index contributed by atoms with van der Waals surface area (Å²) >= 11 is 0. The van der Waals surface area contributed by atoms with Crippen molar-refractivity contribution in [3.05, 3.63) is 35.9 Å². The largest absolute Gasteiger partial charge is 0.497 e. The van der Waals surface area contributed by atoms with E-state index in [1.54, 1.807) is 19.2 Å². The fraction of sp³-hybridized carbons (Fsp3) is 0.333. The number of halogens is 1. The summed E-state index contributed by atoms with van der Waals surface area (Å²) in [6.07, 6.45) is 2.45. The molecular formula is C15H19FN4O. The van der Waals surface area contributed by atoms with Crippen LogP contribution in [0.5, 0.6) is 5.75 Å². The maximum Gasteiger partial charge on any atom is 0.146 e.